The normalized spacial score (nSPS) is 12.7. The third-order valence-corrected chi connectivity index (χ3v) is 1.26. The number of hydrogen-bond donors (Lipinski definition) is 3. The average Bonchev–Trinajstić information content (AvgIpc) is 2.02. The second kappa shape index (κ2) is 5.06. The fraction of sp³-hybridized carbons (Fsp3) is 0.833. The Labute approximate surface area is 64.9 Å². The van der Waals surface area contributed by atoms with E-state index >= 15 is 0 Å². The van der Waals surface area contributed by atoms with Gasteiger partial charge in [0, 0.05) is 13.6 Å². The van der Waals surface area contributed by atoms with Gasteiger partial charge in [-0.15, -0.1) is 0 Å². The smallest absolute Gasteiger partial charge is 0.248 e. The lowest BCUT2D eigenvalue weighted by Crippen LogP contribution is -2.37. The number of amides is 1. The number of aliphatic hydroxyl groups is 3. The summed E-state index contributed by atoms with van der Waals surface area (Å²) in [7, 11) is 1.44. The zero-order valence-electron chi connectivity index (χ0n) is 6.40. The van der Waals surface area contributed by atoms with Crippen molar-refractivity contribution >= 4 is 5.91 Å². The summed E-state index contributed by atoms with van der Waals surface area (Å²) < 4.78 is 0. The molecule has 0 saturated carbocycles. The Bertz CT molecular complexity index is 128. The molecule has 1 amide bonds. The van der Waals surface area contributed by atoms with Crippen LogP contribution in [0.5, 0.6) is 0 Å². The highest BCUT2D eigenvalue weighted by molar-refractivity contribution is 5.76. The number of hydrogen-bond acceptors (Lipinski definition) is 4. The minimum Gasteiger partial charge on any atom is -0.394 e. The predicted octanol–water partition coefficient (Wildman–Crippen LogP) is -2.21. The SMILES string of the molecule is CN(C[C@@H](O)CO)C(=O)CO. The largest absolute Gasteiger partial charge is 0.394 e. The molecule has 0 aliphatic rings. The molecule has 1 atom stereocenters. The standard InChI is InChI=1S/C6H13NO4/c1-7(6(11)4-9)2-5(10)3-8/h5,8-10H,2-4H2,1H3/t5-/m1/s1. The van der Waals surface area contributed by atoms with E-state index in [0.717, 1.165) is 4.90 Å². The van der Waals surface area contributed by atoms with Crippen LogP contribution in [0.3, 0.4) is 0 Å². The molecule has 0 aromatic heterocycles. The number of aliphatic hydroxyl groups excluding tert-OH is 3. The Morgan fingerprint density at radius 1 is 1.55 bits per heavy atom. The van der Waals surface area contributed by atoms with Crippen LogP contribution in [0.25, 0.3) is 0 Å². The van der Waals surface area contributed by atoms with Gasteiger partial charge in [-0.2, -0.15) is 0 Å². The van der Waals surface area contributed by atoms with Crippen molar-refractivity contribution in [3.8, 4) is 0 Å². The van der Waals surface area contributed by atoms with Gasteiger partial charge in [-0.3, -0.25) is 4.79 Å². The van der Waals surface area contributed by atoms with E-state index in [1.807, 2.05) is 0 Å². The number of carbonyl (C=O) groups is 1. The maximum absolute atomic E-state index is 10.6. The van der Waals surface area contributed by atoms with Crippen molar-refractivity contribution in [2.24, 2.45) is 0 Å². The van der Waals surface area contributed by atoms with Crippen molar-refractivity contribution in [3.63, 3.8) is 0 Å². The highest BCUT2D eigenvalue weighted by Crippen LogP contribution is 1.88. The van der Waals surface area contributed by atoms with Crippen molar-refractivity contribution in [1.82, 2.24) is 4.90 Å². The molecule has 66 valence electrons. The third kappa shape index (κ3) is 3.92. The molecule has 0 aliphatic heterocycles. The second-order valence-corrected chi connectivity index (χ2v) is 2.27. The lowest BCUT2D eigenvalue weighted by molar-refractivity contribution is -0.134. The summed E-state index contributed by atoms with van der Waals surface area (Å²) in [6.07, 6.45) is -0.935. The number of rotatable bonds is 4. The number of nitrogens with zero attached hydrogens (tertiary/aromatic N) is 1. The fourth-order valence-corrected chi connectivity index (χ4v) is 0.596. The minimum absolute atomic E-state index is 0.0376. The Morgan fingerprint density at radius 2 is 2.09 bits per heavy atom. The Morgan fingerprint density at radius 3 is 2.45 bits per heavy atom. The first-order chi connectivity index (χ1) is 5.11. The van der Waals surface area contributed by atoms with Crippen molar-refractivity contribution in [2.75, 3.05) is 26.8 Å². The van der Waals surface area contributed by atoms with Crippen molar-refractivity contribution < 1.29 is 20.1 Å². The Hall–Kier alpha value is -0.650. The van der Waals surface area contributed by atoms with Gasteiger partial charge in [0.1, 0.15) is 6.61 Å². The molecular formula is C6H13NO4. The van der Waals surface area contributed by atoms with Gasteiger partial charge >= 0.3 is 0 Å². The first-order valence-corrected chi connectivity index (χ1v) is 3.25. The van der Waals surface area contributed by atoms with E-state index in [9.17, 15) is 4.79 Å². The quantitative estimate of drug-likeness (QED) is 0.439. The van der Waals surface area contributed by atoms with Gasteiger partial charge in [0.2, 0.25) is 5.91 Å². The third-order valence-electron chi connectivity index (χ3n) is 1.26. The number of likely N-dealkylation sites (N-methyl/N-ethyl adjacent to an activating group) is 1. The van der Waals surface area contributed by atoms with E-state index in [-0.39, 0.29) is 13.2 Å². The molecule has 0 bridgehead atoms. The molecule has 5 nitrogen and oxygen atoms in total. The van der Waals surface area contributed by atoms with Gasteiger partial charge in [-0.05, 0) is 0 Å². The predicted molar refractivity (Wildman–Crippen MR) is 37.8 cm³/mol. The zero-order chi connectivity index (χ0) is 8.85. The van der Waals surface area contributed by atoms with Gasteiger partial charge in [0.05, 0.1) is 12.7 Å². The fourth-order valence-electron chi connectivity index (χ4n) is 0.596. The summed E-state index contributed by atoms with van der Waals surface area (Å²) in [4.78, 5) is 11.8. The van der Waals surface area contributed by atoms with Crippen LogP contribution in [-0.2, 0) is 4.79 Å². The van der Waals surface area contributed by atoms with Gasteiger partial charge in [-0.1, -0.05) is 0 Å². The topological polar surface area (TPSA) is 81.0 Å². The molecule has 0 rings (SSSR count). The lowest BCUT2D eigenvalue weighted by Gasteiger charge is -2.18. The van der Waals surface area contributed by atoms with Crippen LogP contribution >= 0.6 is 0 Å². The molecule has 0 aromatic carbocycles. The monoisotopic (exact) mass is 163 g/mol. The van der Waals surface area contributed by atoms with Crippen LogP contribution in [0.1, 0.15) is 0 Å². The van der Waals surface area contributed by atoms with E-state index in [1.165, 1.54) is 7.05 Å². The summed E-state index contributed by atoms with van der Waals surface area (Å²) in [6, 6.07) is 0. The zero-order valence-corrected chi connectivity index (χ0v) is 6.40. The van der Waals surface area contributed by atoms with E-state index in [4.69, 9.17) is 15.3 Å². The molecular weight excluding hydrogens is 150 g/mol. The van der Waals surface area contributed by atoms with Crippen molar-refractivity contribution in [3.05, 3.63) is 0 Å². The molecule has 0 aromatic rings. The van der Waals surface area contributed by atoms with E-state index < -0.39 is 18.6 Å². The first-order valence-electron chi connectivity index (χ1n) is 3.25. The Balaban J connectivity index is 3.67. The Kier molecular flexibility index (Phi) is 4.76. The summed E-state index contributed by atoms with van der Waals surface area (Å²) in [5, 5.41) is 25.6. The lowest BCUT2D eigenvalue weighted by atomic mass is 10.3. The van der Waals surface area contributed by atoms with Gasteiger partial charge in [-0.25, -0.2) is 0 Å². The first kappa shape index (κ1) is 10.3. The van der Waals surface area contributed by atoms with Crippen LogP contribution < -0.4 is 0 Å². The maximum atomic E-state index is 10.6. The van der Waals surface area contributed by atoms with E-state index in [1.54, 1.807) is 0 Å². The van der Waals surface area contributed by atoms with Gasteiger partial charge in [0.15, 0.2) is 0 Å². The van der Waals surface area contributed by atoms with Crippen molar-refractivity contribution in [1.29, 1.82) is 0 Å². The number of carbonyl (C=O) groups excluding carboxylic acids is 1. The molecule has 0 spiro atoms. The van der Waals surface area contributed by atoms with E-state index in [0.29, 0.717) is 0 Å². The highest BCUT2D eigenvalue weighted by Gasteiger charge is 2.10. The average molecular weight is 163 g/mol. The molecule has 0 fully saturated rings. The van der Waals surface area contributed by atoms with Crippen LogP contribution in [0.4, 0.5) is 0 Å². The summed E-state index contributed by atoms with van der Waals surface area (Å²) in [5.41, 5.74) is 0. The minimum atomic E-state index is -0.935. The molecule has 0 heterocycles. The van der Waals surface area contributed by atoms with Gasteiger partial charge < -0.3 is 20.2 Å². The molecule has 0 aliphatic carbocycles. The van der Waals surface area contributed by atoms with Crippen LogP contribution in [0, 0.1) is 0 Å². The molecule has 0 saturated heterocycles. The summed E-state index contributed by atoms with van der Waals surface area (Å²) in [6.45, 7) is -0.923. The van der Waals surface area contributed by atoms with Crippen molar-refractivity contribution in [2.45, 2.75) is 6.10 Å². The molecule has 0 unspecified atom stereocenters. The van der Waals surface area contributed by atoms with Crippen LogP contribution in [0.2, 0.25) is 0 Å². The second-order valence-electron chi connectivity index (χ2n) is 2.27. The van der Waals surface area contributed by atoms with Crippen LogP contribution in [-0.4, -0.2) is 59.0 Å². The van der Waals surface area contributed by atoms with Gasteiger partial charge in [0.25, 0.3) is 0 Å². The summed E-state index contributed by atoms with van der Waals surface area (Å²) in [5.74, 6) is -0.475. The maximum Gasteiger partial charge on any atom is 0.248 e. The molecule has 11 heavy (non-hydrogen) atoms. The molecule has 0 radical (unpaired) electrons. The summed E-state index contributed by atoms with van der Waals surface area (Å²) >= 11 is 0. The molecule has 3 N–H and O–H groups in total. The molecule has 5 heteroatoms. The van der Waals surface area contributed by atoms with E-state index in [2.05, 4.69) is 0 Å². The highest BCUT2D eigenvalue weighted by atomic mass is 16.3. The van der Waals surface area contributed by atoms with Crippen LogP contribution in [0.15, 0.2) is 0 Å².